The van der Waals surface area contributed by atoms with Crippen molar-refractivity contribution < 1.29 is 9.72 Å². The first-order chi connectivity index (χ1) is 9.61. The van der Waals surface area contributed by atoms with E-state index < -0.39 is 10.8 Å². The number of carbonyl (C=O) groups is 1. The number of anilines is 2. The molecule has 20 heavy (non-hydrogen) atoms. The van der Waals surface area contributed by atoms with E-state index >= 15 is 0 Å². The number of benzene rings is 1. The summed E-state index contributed by atoms with van der Waals surface area (Å²) in [6.07, 6.45) is 1.41. The maximum atomic E-state index is 12.0. The van der Waals surface area contributed by atoms with E-state index in [2.05, 4.69) is 20.2 Å². The number of nitrogens with one attached hydrogen (secondary N) is 2. The predicted octanol–water partition coefficient (Wildman–Crippen LogP) is 2.13. The minimum Gasteiger partial charge on any atom is -0.380 e. The van der Waals surface area contributed by atoms with Gasteiger partial charge in [-0.05, 0) is 19.1 Å². The van der Waals surface area contributed by atoms with E-state index in [0.29, 0.717) is 17.2 Å². The second-order valence-electron chi connectivity index (χ2n) is 3.76. The minimum atomic E-state index is -0.525. The van der Waals surface area contributed by atoms with Crippen LogP contribution in [0.25, 0.3) is 0 Å². The normalized spacial score (nSPS) is 10.1. The Kier molecular flexibility index (Phi) is 4.20. The van der Waals surface area contributed by atoms with Gasteiger partial charge in [-0.25, -0.2) is 0 Å². The van der Waals surface area contributed by atoms with Gasteiger partial charge < -0.3 is 10.6 Å². The summed E-state index contributed by atoms with van der Waals surface area (Å²) in [7, 11) is 0. The van der Waals surface area contributed by atoms with Crippen LogP contribution in [-0.2, 0) is 0 Å². The molecule has 0 fully saturated rings. The van der Waals surface area contributed by atoms with Crippen LogP contribution in [0.15, 0.2) is 24.4 Å². The Hall–Kier alpha value is -2.55. The molecule has 8 nitrogen and oxygen atoms in total. The van der Waals surface area contributed by atoms with Crippen molar-refractivity contribution in [2.45, 2.75) is 6.92 Å². The summed E-state index contributed by atoms with van der Waals surface area (Å²) in [5, 5.41) is 20.5. The summed E-state index contributed by atoms with van der Waals surface area (Å²) < 4.78 is 3.61. The zero-order chi connectivity index (χ0) is 14.5. The van der Waals surface area contributed by atoms with Gasteiger partial charge in [-0.2, -0.15) is 0 Å². The van der Waals surface area contributed by atoms with E-state index in [-0.39, 0.29) is 11.3 Å². The lowest BCUT2D eigenvalue weighted by Gasteiger charge is -2.06. The molecule has 9 heteroatoms. The number of amides is 1. The predicted molar refractivity (Wildman–Crippen MR) is 75.1 cm³/mol. The van der Waals surface area contributed by atoms with Crippen molar-refractivity contribution in [3.8, 4) is 0 Å². The van der Waals surface area contributed by atoms with Crippen molar-refractivity contribution >= 4 is 33.8 Å². The fourth-order valence-corrected chi connectivity index (χ4v) is 1.99. The number of aromatic nitrogens is 2. The van der Waals surface area contributed by atoms with Crippen LogP contribution in [0.5, 0.6) is 0 Å². The molecule has 0 atom stereocenters. The van der Waals surface area contributed by atoms with Gasteiger partial charge in [-0.3, -0.25) is 14.9 Å². The number of hydrogen-bond donors (Lipinski definition) is 2. The quantitative estimate of drug-likeness (QED) is 0.645. The van der Waals surface area contributed by atoms with Crippen molar-refractivity contribution in [2.75, 3.05) is 17.2 Å². The maximum Gasteiger partial charge on any atom is 0.293 e. The molecule has 0 aliphatic heterocycles. The van der Waals surface area contributed by atoms with Gasteiger partial charge in [-0.15, -0.1) is 5.10 Å². The average molecular weight is 293 g/mol. The van der Waals surface area contributed by atoms with E-state index in [1.807, 2.05) is 6.92 Å². The van der Waals surface area contributed by atoms with Crippen molar-refractivity contribution in [3.63, 3.8) is 0 Å². The fourth-order valence-electron chi connectivity index (χ4n) is 1.57. The van der Waals surface area contributed by atoms with Crippen LogP contribution in [0, 0.1) is 10.1 Å². The summed E-state index contributed by atoms with van der Waals surface area (Å²) in [6.45, 7) is 2.39. The van der Waals surface area contributed by atoms with Crippen LogP contribution in [0.3, 0.4) is 0 Å². The van der Waals surface area contributed by atoms with Gasteiger partial charge in [-0.1, -0.05) is 4.49 Å². The molecule has 1 amide bonds. The number of nitrogens with zero attached hydrogens (tertiary/aromatic N) is 3. The molecule has 1 aromatic heterocycles. The Morgan fingerprint density at radius 3 is 2.90 bits per heavy atom. The van der Waals surface area contributed by atoms with Gasteiger partial charge in [0.25, 0.3) is 11.6 Å². The van der Waals surface area contributed by atoms with Gasteiger partial charge in [0.1, 0.15) is 10.7 Å². The number of hydrogen-bond acceptors (Lipinski definition) is 7. The third-order valence-electron chi connectivity index (χ3n) is 2.42. The minimum absolute atomic E-state index is 0.137. The SMILES string of the molecule is CCNc1ccc(C(=O)Nc2cnns2)cc1[N+](=O)[O-]. The summed E-state index contributed by atoms with van der Waals surface area (Å²) in [5.41, 5.74) is 0.446. The molecule has 1 heterocycles. The fraction of sp³-hybridized carbons (Fsp3) is 0.182. The molecular formula is C11H11N5O3S. The molecule has 2 aromatic rings. The summed E-state index contributed by atoms with van der Waals surface area (Å²) >= 11 is 1.03. The third kappa shape index (κ3) is 3.06. The van der Waals surface area contributed by atoms with Gasteiger partial charge in [0.15, 0.2) is 0 Å². The average Bonchev–Trinajstić information content (AvgIpc) is 2.92. The van der Waals surface area contributed by atoms with Gasteiger partial charge in [0, 0.05) is 29.7 Å². The highest BCUT2D eigenvalue weighted by Crippen LogP contribution is 2.26. The molecule has 0 aliphatic carbocycles. The van der Waals surface area contributed by atoms with Gasteiger partial charge in [0.2, 0.25) is 0 Å². The third-order valence-corrected chi connectivity index (χ3v) is 3.00. The molecule has 0 bridgehead atoms. The van der Waals surface area contributed by atoms with Crippen LogP contribution in [0.4, 0.5) is 16.4 Å². The monoisotopic (exact) mass is 293 g/mol. The van der Waals surface area contributed by atoms with E-state index in [1.165, 1.54) is 24.4 Å². The molecule has 2 rings (SSSR count). The topological polar surface area (TPSA) is 110 Å². The smallest absolute Gasteiger partial charge is 0.293 e. The van der Waals surface area contributed by atoms with Crippen molar-refractivity contribution in [1.82, 2.24) is 9.59 Å². The lowest BCUT2D eigenvalue weighted by molar-refractivity contribution is -0.384. The molecule has 2 N–H and O–H groups in total. The first kappa shape index (κ1) is 13.9. The summed E-state index contributed by atoms with van der Waals surface area (Å²) in [5.74, 6) is -0.442. The highest BCUT2D eigenvalue weighted by Gasteiger charge is 2.17. The Bertz CT molecular complexity index is 629. The van der Waals surface area contributed by atoms with Crippen LogP contribution in [-0.4, -0.2) is 27.0 Å². The lowest BCUT2D eigenvalue weighted by Crippen LogP contribution is -2.12. The molecule has 0 aliphatic rings. The highest BCUT2D eigenvalue weighted by molar-refractivity contribution is 7.10. The molecule has 0 saturated heterocycles. The molecule has 0 radical (unpaired) electrons. The van der Waals surface area contributed by atoms with Crippen molar-refractivity contribution in [2.24, 2.45) is 0 Å². The first-order valence-corrected chi connectivity index (χ1v) is 6.50. The molecule has 0 saturated carbocycles. The van der Waals surface area contributed by atoms with Crippen LogP contribution >= 0.6 is 11.5 Å². The molecule has 1 aromatic carbocycles. The van der Waals surface area contributed by atoms with Crippen molar-refractivity contribution in [3.05, 3.63) is 40.1 Å². The summed E-state index contributed by atoms with van der Waals surface area (Å²) in [4.78, 5) is 22.4. The largest absolute Gasteiger partial charge is 0.380 e. The van der Waals surface area contributed by atoms with Crippen molar-refractivity contribution in [1.29, 1.82) is 0 Å². The molecule has 104 valence electrons. The van der Waals surface area contributed by atoms with E-state index in [1.54, 1.807) is 0 Å². The molecule has 0 spiro atoms. The van der Waals surface area contributed by atoms with Crippen LogP contribution < -0.4 is 10.6 Å². The zero-order valence-electron chi connectivity index (χ0n) is 10.5. The maximum absolute atomic E-state index is 12.0. The number of carbonyl (C=O) groups excluding carboxylic acids is 1. The van der Waals surface area contributed by atoms with Crippen LogP contribution in [0.2, 0.25) is 0 Å². The second-order valence-corrected chi connectivity index (χ2v) is 4.54. The number of rotatable bonds is 5. The van der Waals surface area contributed by atoms with Crippen LogP contribution in [0.1, 0.15) is 17.3 Å². The highest BCUT2D eigenvalue weighted by atomic mass is 32.1. The van der Waals surface area contributed by atoms with E-state index in [4.69, 9.17) is 0 Å². The van der Waals surface area contributed by atoms with E-state index in [9.17, 15) is 14.9 Å². The zero-order valence-corrected chi connectivity index (χ0v) is 11.3. The standard InChI is InChI=1S/C11H11N5O3S/c1-2-12-8-4-3-7(5-9(8)16(18)19)11(17)14-10-6-13-15-20-10/h3-6,12H,2H2,1H3,(H,14,17). The Morgan fingerprint density at radius 2 is 2.30 bits per heavy atom. The number of nitro benzene ring substituents is 1. The lowest BCUT2D eigenvalue weighted by atomic mass is 10.1. The number of nitro groups is 1. The Morgan fingerprint density at radius 1 is 1.50 bits per heavy atom. The molecular weight excluding hydrogens is 282 g/mol. The first-order valence-electron chi connectivity index (χ1n) is 5.73. The second kappa shape index (κ2) is 6.06. The summed E-state index contributed by atoms with van der Waals surface area (Å²) in [6, 6.07) is 4.28. The Balaban J connectivity index is 2.26. The van der Waals surface area contributed by atoms with Gasteiger partial charge in [0.05, 0.1) is 11.1 Å². The van der Waals surface area contributed by atoms with Gasteiger partial charge >= 0.3 is 0 Å². The van der Waals surface area contributed by atoms with E-state index in [0.717, 1.165) is 11.5 Å². The Labute approximate surface area is 118 Å². The molecule has 0 unspecified atom stereocenters.